The van der Waals surface area contributed by atoms with Crippen molar-refractivity contribution in [2.75, 3.05) is 10.6 Å². The maximum atomic E-state index is 12.2. The molecule has 0 spiro atoms. The van der Waals surface area contributed by atoms with Crippen LogP contribution < -0.4 is 16.1 Å². The number of hydrogen-bond acceptors (Lipinski definition) is 8. The zero-order chi connectivity index (χ0) is 20.6. The van der Waals surface area contributed by atoms with E-state index in [-0.39, 0.29) is 16.4 Å². The fraction of sp³-hybridized carbons (Fsp3) is 0. The van der Waals surface area contributed by atoms with Gasteiger partial charge in [0.05, 0.1) is 11.1 Å². The zero-order valence-electron chi connectivity index (χ0n) is 14.6. The average Bonchev–Trinajstić information content (AvgIpc) is 3.17. The second-order valence-corrected chi connectivity index (χ2v) is 6.20. The van der Waals surface area contributed by atoms with Crippen molar-refractivity contribution in [1.29, 1.82) is 0 Å². The normalized spacial score (nSPS) is 10.5. The number of carbonyl (C=O) groups excluding carboxylic acids is 2. The molecule has 0 unspecified atom stereocenters. The summed E-state index contributed by atoms with van der Waals surface area (Å²) < 4.78 is 3.67. The molecule has 0 radical (unpaired) electrons. The highest BCUT2D eigenvalue weighted by molar-refractivity contribution is 7.10. The number of nitrogens with zero attached hydrogens (tertiary/aromatic N) is 4. The standard InChI is InChI=1S/C17H13N7O4S/c25-15(22-18-10-11-6-8-13(9-7-11)24(27)28)14-16(29-23-21-14)20-17(26)19-12-4-2-1-3-5-12/h1-10H,(H,22,25)(H2,19,20,26). The van der Waals surface area contributed by atoms with E-state index in [1.165, 1.54) is 30.5 Å². The maximum Gasteiger partial charge on any atom is 0.324 e. The Hall–Kier alpha value is -4.19. The molecule has 29 heavy (non-hydrogen) atoms. The number of nitro benzene ring substituents is 1. The number of urea groups is 1. The lowest BCUT2D eigenvalue weighted by atomic mass is 10.2. The van der Waals surface area contributed by atoms with Crippen LogP contribution in [0, 0.1) is 10.1 Å². The van der Waals surface area contributed by atoms with Crippen LogP contribution in [0.15, 0.2) is 59.7 Å². The Morgan fingerprint density at radius 2 is 1.79 bits per heavy atom. The molecule has 3 N–H and O–H groups in total. The van der Waals surface area contributed by atoms with E-state index in [1.807, 2.05) is 6.07 Å². The van der Waals surface area contributed by atoms with Gasteiger partial charge in [-0.1, -0.05) is 22.7 Å². The van der Waals surface area contributed by atoms with Gasteiger partial charge in [-0.2, -0.15) is 5.10 Å². The highest BCUT2D eigenvalue weighted by Gasteiger charge is 2.18. The third-order valence-corrected chi connectivity index (χ3v) is 4.09. The Morgan fingerprint density at radius 3 is 2.48 bits per heavy atom. The van der Waals surface area contributed by atoms with Crippen molar-refractivity contribution in [1.82, 2.24) is 15.0 Å². The van der Waals surface area contributed by atoms with E-state index in [2.05, 4.69) is 30.7 Å². The van der Waals surface area contributed by atoms with Crippen LogP contribution >= 0.6 is 11.5 Å². The van der Waals surface area contributed by atoms with Crippen LogP contribution in [0.3, 0.4) is 0 Å². The van der Waals surface area contributed by atoms with Crippen LogP contribution in [-0.4, -0.2) is 32.7 Å². The number of anilines is 2. The SMILES string of the molecule is O=C(Nc1ccccc1)Nc1snnc1C(=O)NN=Cc1ccc([N+](=O)[O-])cc1. The molecule has 0 aliphatic heterocycles. The Labute approximate surface area is 167 Å². The molecule has 3 rings (SSSR count). The van der Waals surface area contributed by atoms with Gasteiger partial charge in [0.1, 0.15) is 0 Å². The fourth-order valence-corrected chi connectivity index (χ4v) is 2.67. The van der Waals surface area contributed by atoms with Gasteiger partial charge in [-0.3, -0.25) is 20.2 Å². The number of rotatable bonds is 6. The second-order valence-electron chi connectivity index (χ2n) is 5.44. The molecule has 3 amide bonds. The monoisotopic (exact) mass is 411 g/mol. The molecule has 0 saturated heterocycles. The summed E-state index contributed by atoms with van der Waals surface area (Å²) in [5, 5.41) is 23.4. The Balaban J connectivity index is 1.58. The van der Waals surface area contributed by atoms with E-state index in [1.54, 1.807) is 24.3 Å². The Morgan fingerprint density at radius 1 is 1.07 bits per heavy atom. The summed E-state index contributed by atoms with van der Waals surface area (Å²) in [5.74, 6) is -0.674. The number of hydrazone groups is 1. The molecule has 0 aliphatic carbocycles. The second kappa shape index (κ2) is 9.14. The molecule has 0 atom stereocenters. The Bertz CT molecular complexity index is 1050. The minimum atomic E-state index is -0.674. The smallest absolute Gasteiger partial charge is 0.308 e. The van der Waals surface area contributed by atoms with Crippen molar-refractivity contribution in [2.45, 2.75) is 0 Å². The highest BCUT2D eigenvalue weighted by atomic mass is 32.1. The van der Waals surface area contributed by atoms with Gasteiger partial charge in [-0.05, 0) is 29.8 Å². The summed E-state index contributed by atoms with van der Waals surface area (Å²) in [6, 6.07) is 13.8. The van der Waals surface area contributed by atoms with E-state index in [9.17, 15) is 19.7 Å². The lowest BCUT2D eigenvalue weighted by Gasteiger charge is -2.06. The van der Waals surface area contributed by atoms with Crippen molar-refractivity contribution >= 4 is 46.1 Å². The number of amides is 3. The topological polar surface area (TPSA) is 152 Å². The van der Waals surface area contributed by atoms with E-state index in [0.29, 0.717) is 11.3 Å². The largest absolute Gasteiger partial charge is 0.324 e. The molecule has 0 aliphatic rings. The van der Waals surface area contributed by atoms with Gasteiger partial charge in [-0.25, -0.2) is 10.2 Å². The van der Waals surface area contributed by atoms with Crippen molar-refractivity contribution in [3.63, 3.8) is 0 Å². The van der Waals surface area contributed by atoms with Crippen molar-refractivity contribution < 1.29 is 14.5 Å². The number of carbonyl (C=O) groups is 2. The molecule has 1 heterocycles. The number of hydrogen-bond donors (Lipinski definition) is 3. The number of nitrogens with one attached hydrogen (secondary N) is 3. The molecule has 11 nitrogen and oxygen atoms in total. The first-order valence-corrected chi connectivity index (χ1v) is 8.83. The van der Waals surface area contributed by atoms with Crippen LogP contribution in [0.25, 0.3) is 0 Å². The third-order valence-electron chi connectivity index (χ3n) is 3.45. The number of nitro groups is 1. The predicted octanol–water partition coefficient (Wildman–Crippen LogP) is 2.85. The number of aromatic nitrogens is 2. The van der Waals surface area contributed by atoms with E-state index in [4.69, 9.17) is 0 Å². The van der Waals surface area contributed by atoms with Crippen LogP contribution in [0.4, 0.5) is 21.2 Å². The molecule has 12 heteroatoms. The number of non-ortho nitro benzene ring substituents is 1. The summed E-state index contributed by atoms with van der Waals surface area (Å²) in [6.45, 7) is 0. The van der Waals surface area contributed by atoms with Gasteiger partial charge in [0.15, 0.2) is 10.7 Å². The predicted molar refractivity (Wildman–Crippen MR) is 107 cm³/mol. The third kappa shape index (κ3) is 5.40. The van der Waals surface area contributed by atoms with Gasteiger partial charge in [0, 0.05) is 29.4 Å². The summed E-state index contributed by atoms with van der Waals surface area (Å²) >= 11 is 0.841. The lowest BCUT2D eigenvalue weighted by molar-refractivity contribution is -0.384. The fourth-order valence-electron chi connectivity index (χ4n) is 2.11. The molecular weight excluding hydrogens is 398 g/mol. The molecule has 0 saturated carbocycles. The van der Waals surface area contributed by atoms with Crippen LogP contribution in [0.5, 0.6) is 0 Å². The van der Waals surface area contributed by atoms with Crippen LogP contribution in [-0.2, 0) is 0 Å². The van der Waals surface area contributed by atoms with Crippen molar-refractivity contribution in [2.24, 2.45) is 5.10 Å². The first-order chi connectivity index (χ1) is 14.0. The van der Waals surface area contributed by atoms with Gasteiger partial charge >= 0.3 is 6.03 Å². The van der Waals surface area contributed by atoms with Crippen molar-refractivity contribution in [3.8, 4) is 0 Å². The quantitative estimate of drug-likeness (QED) is 0.322. The minimum Gasteiger partial charge on any atom is -0.308 e. The summed E-state index contributed by atoms with van der Waals surface area (Å²) in [4.78, 5) is 34.4. The van der Waals surface area contributed by atoms with Gasteiger partial charge in [-0.15, -0.1) is 5.10 Å². The van der Waals surface area contributed by atoms with Crippen LogP contribution in [0.2, 0.25) is 0 Å². The number of para-hydroxylation sites is 1. The van der Waals surface area contributed by atoms with Gasteiger partial charge in [0.25, 0.3) is 11.6 Å². The zero-order valence-corrected chi connectivity index (χ0v) is 15.4. The van der Waals surface area contributed by atoms with E-state index < -0.39 is 16.9 Å². The van der Waals surface area contributed by atoms with Crippen molar-refractivity contribution in [3.05, 3.63) is 76.0 Å². The molecule has 3 aromatic rings. The van der Waals surface area contributed by atoms with Gasteiger partial charge < -0.3 is 5.32 Å². The number of benzene rings is 2. The molecule has 0 bridgehead atoms. The van der Waals surface area contributed by atoms with E-state index in [0.717, 1.165) is 11.5 Å². The first-order valence-electron chi connectivity index (χ1n) is 8.06. The average molecular weight is 411 g/mol. The summed E-state index contributed by atoms with van der Waals surface area (Å²) in [5.41, 5.74) is 3.25. The minimum absolute atomic E-state index is 0.0516. The molecule has 146 valence electrons. The summed E-state index contributed by atoms with van der Waals surface area (Å²) in [6.07, 6.45) is 1.32. The molecule has 0 fully saturated rings. The molecule has 2 aromatic carbocycles. The lowest BCUT2D eigenvalue weighted by Crippen LogP contribution is -2.23. The maximum absolute atomic E-state index is 12.2. The first kappa shape index (κ1) is 19.6. The van der Waals surface area contributed by atoms with E-state index >= 15 is 0 Å². The Kier molecular flexibility index (Phi) is 6.17. The molecular formula is C17H13N7O4S. The summed E-state index contributed by atoms with van der Waals surface area (Å²) in [7, 11) is 0. The molecule has 1 aromatic heterocycles. The highest BCUT2D eigenvalue weighted by Crippen LogP contribution is 2.18. The van der Waals surface area contributed by atoms with Gasteiger partial charge in [0.2, 0.25) is 0 Å². The van der Waals surface area contributed by atoms with Crippen LogP contribution in [0.1, 0.15) is 16.1 Å².